The predicted octanol–water partition coefficient (Wildman–Crippen LogP) is 4.54. The Kier molecular flexibility index (Phi) is 6.25. The van der Waals surface area contributed by atoms with Crippen molar-refractivity contribution < 1.29 is 23.2 Å². The van der Waals surface area contributed by atoms with Gasteiger partial charge >= 0.3 is 5.97 Å². The molecule has 2 aromatic carbocycles. The van der Waals surface area contributed by atoms with Gasteiger partial charge in [0, 0.05) is 6.07 Å². The van der Waals surface area contributed by atoms with Gasteiger partial charge in [-0.3, -0.25) is 4.79 Å². The molecule has 0 aliphatic carbocycles. The van der Waals surface area contributed by atoms with Gasteiger partial charge < -0.3 is 14.6 Å². The van der Waals surface area contributed by atoms with Gasteiger partial charge in [0.25, 0.3) is 5.91 Å². The first-order chi connectivity index (χ1) is 14.4. The third-order valence-electron chi connectivity index (χ3n) is 3.80. The first kappa shape index (κ1) is 20.8. The van der Waals surface area contributed by atoms with E-state index in [-0.39, 0.29) is 27.7 Å². The minimum absolute atomic E-state index is 0.00287. The van der Waals surface area contributed by atoms with Gasteiger partial charge in [0.15, 0.2) is 5.82 Å². The predicted molar refractivity (Wildman–Crippen MR) is 106 cm³/mol. The number of carbonyl (C=O) groups is 2. The summed E-state index contributed by atoms with van der Waals surface area (Å²) < 4.78 is 23.7. The topological polar surface area (TPSA) is 105 Å². The van der Waals surface area contributed by atoms with Crippen molar-refractivity contribution in [3.63, 3.8) is 0 Å². The van der Waals surface area contributed by atoms with E-state index in [2.05, 4.69) is 10.5 Å². The highest BCUT2D eigenvalue weighted by atomic mass is 35.5. The average Bonchev–Trinajstić information content (AvgIpc) is 3.12. The fraction of sp³-hybridized carbons (Fsp3) is 0.0476. The highest BCUT2D eigenvalue weighted by Crippen LogP contribution is 2.27. The van der Waals surface area contributed by atoms with E-state index in [0.717, 1.165) is 6.07 Å². The van der Waals surface area contributed by atoms with Gasteiger partial charge in [0.1, 0.15) is 29.0 Å². The Morgan fingerprint density at radius 1 is 1.27 bits per heavy atom. The maximum Gasteiger partial charge on any atom is 0.346 e. The zero-order valence-electron chi connectivity index (χ0n) is 15.5. The highest BCUT2D eigenvalue weighted by molar-refractivity contribution is 6.32. The molecule has 0 fully saturated rings. The lowest BCUT2D eigenvalue weighted by Gasteiger charge is -2.08. The maximum absolute atomic E-state index is 13.7. The van der Waals surface area contributed by atoms with Gasteiger partial charge in [-0.25, -0.2) is 9.18 Å². The van der Waals surface area contributed by atoms with Gasteiger partial charge in [0.05, 0.1) is 10.6 Å². The Labute approximate surface area is 175 Å². The Bertz CT molecular complexity index is 1200. The molecule has 1 N–H and O–H groups in total. The van der Waals surface area contributed by atoms with Crippen LogP contribution in [0.5, 0.6) is 5.75 Å². The number of aromatic nitrogens is 1. The van der Waals surface area contributed by atoms with Gasteiger partial charge in [-0.2, -0.15) is 5.26 Å². The van der Waals surface area contributed by atoms with E-state index in [9.17, 15) is 19.2 Å². The van der Waals surface area contributed by atoms with Crippen LogP contribution >= 0.6 is 11.6 Å². The maximum atomic E-state index is 13.7. The first-order valence-electron chi connectivity index (χ1n) is 8.50. The zero-order chi connectivity index (χ0) is 21.7. The molecule has 0 radical (unpaired) electrons. The van der Waals surface area contributed by atoms with Crippen LogP contribution in [0, 0.1) is 24.1 Å². The molecular formula is C21H13ClFN3O4. The summed E-state index contributed by atoms with van der Waals surface area (Å²) in [4.78, 5) is 24.3. The molecule has 1 heterocycles. The van der Waals surface area contributed by atoms with Crippen molar-refractivity contribution in [1.29, 1.82) is 5.26 Å². The number of nitrogens with zero attached hydrogens (tertiary/aromatic N) is 2. The Morgan fingerprint density at radius 3 is 2.67 bits per heavy atom. The Balaban J connectivity index is 1.76. The number of hydrogen-bond donors (Lipinski definition) is 1. The molecule has 7 nitrogen and oxygen atoms in total. The second-order valence-corrected chi connectivity index (χ2v) is 6.41. The number of carbonyl (C=O) groups excluding carboxylic acids is 2. The second-order valence-electron chi connectivity index (χ2n) is 6.01. The van der Waals surface area contributed by atoms with E-state index >= 15 is 0 Å². The smallest absolute Gasteiger partial charge is 0.346 e. The molecular weight excluding hydrogens is 413 g/mol. The van der Waals surface area contributed by atoms with Crippen molar-refractivity contribution in [1.82, 2.24) is 5.16 Å². The van der Waals surface area contributed by atoms with Gasteiger partial charge in [-0.15, -0.1) is 0 Å². The van der Waals surface area contributed by atoms with Gasteiger partial charge in [0.2, 0.25) is 0 Å². The van der Waals surface area contributed by atoms with Crippen LogP contribution in [0.2, 0.25) is 5.02 Å². The molecule has 1 amide bonds. The van der Waals surface area contributed by atoms with Crippen LogP contribution < -0.4 is 10.1 Å². The monoisotopic (exact) mass is 425 g/mol. The number of amides is 1. The van der Waals surface area contributed by atoms with Crippen molar-refractivity contribution in [3.05, 3.63) is 81.8 Å². The quantitative estimate of drug-likeness (QED) is 0.278. The molecule has 0 saturated heterocycles. The molecule has 0 aliphatic heterocycles. The molecule has 3 aromatic rings. The largest absolute Gasteiger partial charge is 0.421 e. The minimum Gasteiger partial charge on any atom is -0.421 e. The molecule has 1 aromatic heterocycles. The normalized spacial score (nSPS) is 10.9. The van der Waals surface area contributed by atoms with Crippen LogP contribution in [0.4, 0.5) is 10.2 Å². The van der Waals surface area contributed by atoms with Gasteiger partial charge in [-0.05, 0) is 42.8 Å². The lowest BCUT2D eigenvalue weighted by atomic mass is 10.1. The third kappa shape index (κ3) is 4.90. The Hall–Kier alpha value is -3.96. The number of halogens is 2. The fourth-order valence-electron chi connectivity index (χ4n) is 2.40. The number of rotatable bonds is 5. The van der Waals surface area contributed by atoms with Gasteiger partial charge in [-0.1, -0.05) is 35.0 Å². The first-order valence-corrected chi connectivity index (χ1v) is 8.88. The minimum atomic E-state index is -0.904. The number of nitrogens with one attached hydrogen (secondary N) is 1. The van der Waals surface area contributed by atoms with Crippen LogP contribution in [0.15, 0.2) is 58.6 Å². The number of anilines is 1. The second kappa shape index (κ2) is 9.03. The van der Waals surface area contributed by atoms with E-state index < -0.39 is 17.7 Å². The van der Waals surface area contributed by atoms with Crippen LogP contribution in [-0.4, -0.2) is 17.0 Å². The van der Waals surface area contributed by atoms with E-state index in [0.29, 0.717) is 11.3 Å². The van der Waals surface area contributed by atoms with E-state index in [1.54, 1.807) is 13.0 Å². The highest BCUT2D eigenvalue weighted by Gasteiger charge is 2.16. The summed E-state index contributed by atoms with van der Waals surface area (Å²) in [5.74, 6) is -1.63. The lowest BCUT2D eigenvalue weighted by Crippen LogP contribution is -2.13. The average molecular weight is 426 g/mol. The molecule has 0 atom stereocenters. The van der Waals surface area contributed by atoms with E-state index in [1.165, 1.54) is 48.5 Å². The fourth-order valence-corrected chi connectivity index (χ4v) is 2.62. The molecule has 0 aliphatic rings. The summed E-state index contributed by atoms with van der Waals surface area (Å²) in [6, 6.07) is 12.9. The Morgan fingerprint density at radius 2 is 2.03 bits per heavy atom. The van der Waals surface area contributed by atoms with Crippen molar-refractivity contribution >= 4 is 35.4 Å². The summed E-state index contributed by atoms with van der Waals surface area (Å²) in [6.07, 6.45) is 1.30. The molecule has 0 spiro atoms. The van der Waals surface area contributed by atoms with E-state index in [1.807, 2.05) is 0 Å². The lowest BCUT2D eigenvalue weighted by molar-refractivity contribution is -0.112. The third-order valence-corrected chi connectivity index (χ3v) is 4.09. The molecule has 0 bridgehead atoms. The number of hydrogen-bond acceptors (Lipinski definition) is 6. The standard InChI is InChI=1S/C21H13ClFN3O4/c1-12-8-19(26-30-12)25-20(27)14(11-24)9-13-6-7-18(16(22)10-13)29-21(28)15-4-2-3-5-17(15)23/h2-10H,1H3,(H,25,26,27)/b14-9-. The molecule has 0 unspecified atom stereocenters. The number of ether oxygens (including phenoxy) is 1. The molecule has 9 heteroatoms. The number of esters is 1. The zero-order valence-corrected chi connectivity index (χ0v) is 16.2. The van der Waals surface area contributed by atoms with Crippen molar-refractivity contribution in [2.75, 3.05) is 5.32 Å². The number of nitriles is 1. The van der Waals surface area contributed by atoms with Crippen LogP contribution in [0.25, 0.3) is 6.08 Å². The summed E-state index contributed by atoms with van der Waals surface area (Å²) in [6.45, 7) is 1.66. The van der Waals surface area contributed by atoms with Crippen molar-refractivity contribution in [2.24, 2.45) is 0 Å². The van der Waals surface area contributed by atoms with Crippen LogP contribution in [0.1, 0.15) is 21.7 Å². The summed E-state index contributed by atoms with van der Waals surface area (Å²) in [5.41, 5.74) is -0.0272. The SMILES string of the molecule is Cc1cc(NC(=O)/C(C#N)=C\c2ccc(OC(=O)c3ccccc3F)c(Cl)c2)no1. The number of aryl methyl sites for hydroxylation is 1. The molecule has 3 rings (SSSR count). The summed E-state index contributed by atoms with van der Waals surface area (Å²) >= 11 is 6.13. The summed E-state index contributed by atoms with van der Waals surface area (Å²) in [7, 11) is 0. The summed E-state index contributed by atoms with van der Waals surface area (Å²) in [5, 5.41) is 15.4. The van der Waals surface area contributed by atoms with Crippen LogP contribution in [-0.2, 0) is 4.79 Å². The molecule has 30 heavy (non-hydrogen) atoms. The molecule has 0 saturated carbocycles. The van der Waals surface area contributed by atoms with Crippen molar-refractivity contribution in [2.45, 2.75) is 6.92 Å². The van der Waals surface area contributed by atoms with Crippen molar-refractivity contribution in [3.8, 4) is 11.8 Å². The number of benzene rings is 2. The van der Waals surface area contributed by atoms with Crippen LogP contribution in [0.3, 0.4) is 0 Å². The van der Waals surface area contributed by atoms with E-state index in [4.69, 9.17) is 20.9 Å². The molecule has 150 valence electrons.